The molecule has 0 radical (unpaired) electrons. The Morgan fingerprint density at radius 1 is 0.925 bits per heavy atom. The molecular formula is C26H16F7N5O2. The number of halogens is 7. The normalized spacial score (nSPS) is 13.0. The van der Waals surface area contributed by atoms with Gasteiger partial charge in [0, 0.05) is 23.7 Å². The third-order valence-electron chi connectivity index (χ3n) is 5.96. The van der Waals surface area contributed by atoms with E-state index in [2.05, 4.69) is 25.5 Å². The number of aromatic amines is 1. The summed E-state index contributed by atoms with van der Waals surface area (Å²) in [6, 6.07) is 10.4. The van der Waals surface area contributed by atoms with E-state index in [-0.39, 0.29) is 29.2 Å². The van der Waals surface area contributed by atoms with E-state index in [1.165, 1.54) is 12.1 Å². The number of alkyl halides is 6. The van der Waals surface area contributed by atoms with Gasteiger partial charge in [-0.2, -0.15) is 26.3 Å². The molecule has 0 fully saturated rings. The lowest BCUT2D eigenvalue weighted by Gasteiger charge is -2.22. The highest BCUT2D eigenvalue weighted by Crippen LogP contribution is 2.40. The van der Waals surface area contributed by atoms with Crippen molar-refractivity contribution in [2.45, 2.75) is 24.7 Å². The van der Waals surface area contributed by atoms with Crippen LogP contribution in [0.2, 0.25) is 0 Å². The number of aromatic nitrogens is 4. The van der Waals surface area contributed by atoms with Crippen molar-refractivity contribution >= 4 is 22.6 Å². The van der Waals surface area contributed by atoms with Gasteiger partial charge in [-0.15, -0.1) is 10.2 Å². The molecular weight excluding hydrogens is 547 g/mol. The Labute approximate surface area is 220 Å². The van der Waals surface area contributed by atoms with E-state index in [9.17, 15) is 35.5 Å². The summed E-state index contributed by atoms with van der Waals surface area (Å²) in [6.45, 7) is 0. The summed E-state index contributed by atoms with van der Waals surface area (Å²) in [5.41, 5.74) is -3.13. The SMILES string of the molecule is O=C(Nc1ccc(F)cc1)C(Cc1nnc(-c2ccc3cc[nH]c3n2)o1)c1ccc(C(F)(F)F)cc1C(F)(F)F. The number of pyridine rings is 1. The van der Waals surface area contributed by atoms with Gasteiger partial charge in [0.25, 0.3) is 5.89 Å². The average Bonchev–Trinajstić information content (AvgIpc) is 3.56. The van der Waals surface area contributed by atoms with Gasteiger partial charge in [0.2, 0.25) is 11.8 Å². The molecule has 0 saturated heterocycles. The Kier molecular flexibility index (Phi) is 6.77. The molecule has 0 aliphatic rings. The molecule has 1 amide bonds. The molecule has 14 heteroatoms. The Morgan fingerprint density at radius 3 is 2.38 bits per heavy atom. The lowest BCUT2D eigenvalue weighted by atomic mass is 9.89. The lowest BCUT2D eigenvalue weighted by molar-refractivity contribution is -0.143. The van der Waals surface area contributed by atoms with Crippen molar-refractivity contribution < 1.29 is 39.9 Å². The molecule has 206 valence electrons. The predicted molar refractivity (Wildman–Crippen MR) is 127 cm³/mol. The molecule has 0 bridgehead atoms. The first-order valence-electron chi connectivity index (χ1n) is 11.5. The topological polar surface area (TPSA) is 96.7 Å². The van der Waals surface area contributed by atoms with Crippen molar-refractivity contribution in [3.63, 3.8) is 0 Å². The number of fused-ring (bicyclic) bond motifs is 1. The van der Waals surface area contributed by atoms with Crippen molar-refractivity contribution in [2.75, 3.05) is 5.32 Å². The zero-order valence-electron chi connectivity index (χ0n) is 19.9. The zero-order valence-corrected chi connectivity index (χ0v) is 19.9. The second-order valence-electron chi connectivity index (χ2n) is 8.66. The summed E-state index contributed by atoms with van der Waals surface area (Å²) in [6.07, 6.45) is -9.23. The van der Waals surface area contributed by atoms with Crippen LogP contribution >= 0.6 is 0 Å². The smallest absolute Gasteiger partial charge is 0.416 e. The summed E-state index contributed by atoms with van der Waals surface area (Å²) < 4.78 is 101. The van der Waals surface area contributed by atoms with E-state index in [1.807, 2.05) is 0 Å². The van der Waals surface area contributed by atoms with Gasteiger partial charge < -0.3 is 14.7 Å². The van der Waals surface area contributed by atoms with Crippen LogP contribution in [-0.4, -0.2) is 26.1 Å². The molecule has 1 atom stereocenters. The average molecular weight is 563 g/mol. The second kappa shape index (κ2) is 10.1. The van der Waals surface area contributed by atoms with E-state index >= 15 is 0 Å². The number of carbonyl (C=O) groups is 1. The predicted octanol–water partition coefficient (Wildman–Crippen LogP) is 6.75. The summed E-state index contributed by atoms with van der Waals surface area (Å²) in [7, 11) is 0. The Bertz CT molecular complexity index is 1670. The van der Waals surface area contributed by atoms with Crippen LogP contribution in [0.1, 0.15) is 28.5 Å². The minimum Gasteiger partial charge on any atom is -0.419 e. The Hall–Kier alpha value is -4.75. The Morgan fingerprint density at radius 2 is 1.68 bits per heavy atom. The van der Waals surface area contributed by atoms with Crippen molar-refractivity contribution in [2.24, 2.45) is 0 Å². The molecule has 5 aromatic rings. The van der Waals surface area contributed by atoms with Crippen LogP contribution < -0.4 is 5.32 Å². The van der Waals surface area contributed by atoms with Crippen LogP contribution in [0.5, 0.6) is 0 Å². The molecule has 0 spiro atoms. The second-order valence-corrected chi connectivity index (χ2v) is 8.66. The van der Waals surface area contributed by atoms with Crippen LogP contribution in [-0.2, 0) is 23.6 Å². The first-order valence-corrected chi connectivity index (χ1v) is 11.5. The summed E-state index contributed by atoms with van der Waals surface area (Å²) in [5.74, 6) is -3.73. The standard InChI is InChI=1S/C26H16F7N5O2/c27-15-3-5-16(6-4-15)35-23(39)18(17-7-2-14(25(28,29)30)11-19(17)26(31,32)33)12-21-37-38-24(40-21)20-8-1-13-9-10-34-22(13)36-20/h1-11,18H,12H2,(H,34,36)(H,35,39). The number of hydrogen-bond acceptors (Lipinski definition) is 5. The zero-order chi connectivity index (χ0) is 28.7. The highest BCUT2D eigenvalue weighted by atomic mass is 19.4. The third kappa shape index (κ3) is 5.65. The highest BCUT2D eigenvalue weighted by Gasteiger charge is 2.41. The first-order chi connectivity index (χ1) is 18.9. The monoisotopic (exact) mass is 563 g/mol. The van der Waals surface area contributed by atoms with Gasteiger partial charge in [-0.05, 0) is 60.2 Å². The van der Waals surface area contributed by atoms with Gasteiger partial charge in [-0.1, -0.05) is 6.07 Å². The van der Waals surface area contributed by atoms with Crippen LogP contribution in [0.15, 0.2) is 71.3 Å². The van der Waals surface area contributed by atoms with Crippen LogP contribution in [0.25, 0.3) is 22.6 Å². The number of amides is 1. The molecule has 3 heterocycles. The maximum Gasteiger partial charge on any atom is 0.416 e. The van der Waals surface area contributed by atoms with Crippen molar-refractivity contribution in [1.29, 1.82) is 0 Å². The van der Waals surface area contributed by atoms with Crippen LogP contribution in [0, 0.1) is 5.82 Å². The maximum absolute atomic E-state index is 14.0. The number of H-pyrrole nitrogens is 1. The number of benzene rings is 2. The fraction of sp³-hybridized carbons (Fsp3) is 0.154. The van der Waals surface area contributed by atoms with Gasteiger partial charge in [0.05, 0.1) is 17.0 Å². The highest BCUT2D eigenvalue weighted by molar-refractivity contribution is 5.96. The van der Waals surface area contributed by atoms with E-state index in [4.69, 9.17) is 4.42 Å². The molecule has 1 unspecified atom stereocenters. The van der Waals surface area contributed by atoms with Gasteiger partial charge in [-0.3, -0.25) is 4.79 Å². The quantitative estimate of drug-likeness (QED) is 0.223. The van der Waals surface area contributed by atoms with Gasteiger partial charge in [0.1, 0.15) is 17.2 Å². The van der Waals surface area contributed by atoms with E-state index in [0.717, 1.165) is 17.5 Å². The minimum atomic E-state index is -5.24. The molecule has 5 rings (SSSR count). The minimum absolute atomic E-state index is 0.0477. The molecule has 40 heavy (non-hydrogen) atoms. The van der Waals surface area contributed by atoms with Crippen molar-refractivity contribution in [3.05, 3.63) is 95.3 Å². The molecule has 0 saturated carbocycles. The molecule has 0 aliphatic heterocycles. The first kappa shape index (κ1) is 26.8. The van der Waals surface area contributed by atoms with E-state index in [1.54, 1.807) is 24.4 Å². The van der Waals surface area contributed by atoms with Crippen molar-refractivity contribution in [1.82, 2.24) is 20.2 Å². The largest absolute Gasteiger partial charge is 0.419 e. The molecule has 7 nitrogen and oxygen atoms in total. The van der Waals surface area contributed by atoms with Crippen LogP contribution in [0.3, 0.4) is 0 Å². The Balaban J connectivity index is 1.54. The molecule has 0 aliphatic carbocycles. The summed E-state index contributed by atoms with van der Waals surface area (Å²) in [4.78, 5) is 20.5. The fourth-order valence-corrected chi connectivity index (χ4v) is 4.05. The molecule has 2 aromatic carbocycles. The number of carbonyl (C=O) groups excluding carboxylic acids is 1. The maximum atomic E-state index is 14.0. The summed E-state index contributed by atoms with van der Waals surface area (Å²) >= 11 is 0. The van der Waals surface area contributed by atoms with Gasteiger partial charge in [0.15, 0.2) is 0 Å². The molecule has 3 aromatic heterocycles. The van der Waals surface area contributed by atoms with E-state index in [0.29, 0.717) is 17.8 Å². The third-order valence-corrected chi connectivity index (χ3v) is 5.96. The fourth-order valence-electron chi connectivity index (χ4n) is 4.05. The number of nitrogens with one attached hydrogen (secondary N) is 2. The van der Waals surface area contributed by atoms with E-state index < -0.39 is 53.1 Å². The lowest BCUT2D eigenvalue weighted by Crippen LogP contribution is -2.26. The van der Waals surface area contributed by atoms with Crippen LogP contribution in [0.4, 0.5) is 36.4 Å². The molecule has 2 N–H and O–H groups in total. The number of anilines is 1. The van der Waals surface area contributed by atoms with Crippen molar-refractivity contribution in [3.8, 4) is 11.6 Å². The summed E-state index contributed by atoms with van der Waals surface area (Å²) in [5, 5.41) is 10.8. The number of hydrogen-bond donors (Lipinski definition) is 2. The number of rotatable bonds is 6. The number of nitrogens with zero attached hydrogens (tertiary/aromatic N) is 3. The van der Waals surface area contributed by atoms with Gasteiger partial charge in [-0.25, -0.2) is 9.37 Å². The van der Waals surface area contributed by atoms with Gasteiger partial charge >= 0.3 is 12.4 Å².